The molecule has 7 heteroatoms. The Balaban J connectivity index is 1.90. The molecular weight excluding hydrogens is 369 g/mol. The molecular formula is C21H17F3N2O2. The number of para-hydroxylation sites is 1. The van der Waals surface area contributed by atoms with Crippen molar-refractivity contribution in [2.45, 2.75) is 37.8 Å². The van der Waals surface area contributed by atoms with Gasteiger partial charge in [-0.15, -0.1) is 0 Å². The minimum atomic E-state index is -4.60. The number of ketones is 1. The molecule has 144 valence electrons. The van der Waals surface area contributed by atoms with Crippen LogP contribution in [0.1, 0.15) is 42.7 Å². The molecule has 1 atom stereocenters. The summed E-state index contributed by atoms with van der Waals surface area (Å²) in [5, 5.41) is 0. The van der Waals surface area contributed by atoms with Crippen LogP contribution in [-0.2, 0) is 15.8 Å². The first-order chi connectivity index (χ1) is 13.4. The number of carbonyl (C=O) groups excluding carboxylic acids is 2. The van der Waals surface area contributed by atoms with Crippen LogP contribution in [-0.4, -0.2) is 16.7 Å². The third kappa shape index (κ3) is 3.10. The molecule has 1 aliphatic carbocycles. The lowest BCUT2D eigenvalue weighted by atomic mass is 9.77. The number of rotatable bonds is 2. The normalized spacial score (nSPS) is 20.4. The predicted octanol–water partition coefficient (Wildman–Crippen LogP) is 4.63. The summed E-state index contributed by atoms with van der Waals surface area (Å²) in [5.41, 5.74) is 0.455. The van der Waals surface area contributed by atoms with Crippen molar-refractivity contribution in [1.82, 2.24) is 4.98 Å². The van der Waals surface area contributed by atoms with Crippen LogP contribution >= 0.6 is 0 Å². The Labute approximate surface area is 159 Å². The average molecular weight is 386 g/mol. The van der Waals surface area contributed by atoms with E-state index in [1.807, 2.05) is 0 Å². The fourth-order valence-electron chi connectivity index (χ4n) is 4.05. The molecule has 1 aromatic heterocycles. The summed E-state index contributed by atoms with van der Waals surface area (Å²) in [6.07, 6.45) is -0.246. The maximum absolute atomic E-state index is 13.5. The highest BCUT2D eigenvalue weighted by molar-refractivity contribution is 6.07. The number of anilines is 1. The van der Waals surface area contributed by atoms with E-state index in [0.29, 0.717) is 30.5 Å². The van der Waals surface area contributed by atoms with E-state index in [9.17, 15) is 22.8 Å². The second-order valence-corrected chi connectivity index (χ2v) is 6.92. The second kappa shape index (κ2) is 6.89. The van der Waals surface area contributed by atoms with Gasteiger partial charge < -0.3 is 0 Å². The van der Waals surface area contributed by atoms with Crippen LogP contribution in [0.2, 0.25) is 0 Å². The van der Waals surface area contributed by atoms with Crippen LogP contribution in [0.3, 0.4) is 0 Å². The fraction of sp³-hybridized carbons (Fsp3) is 0.286. The largest absolute Gasteiger partial charge is 0.418 e. The number of benzene rings is 1. The van der Waals surface area contributed by atoms with Gasteiger partial charge in [-0.05, 0) is 36.6 Å². The first kappa shape index (κ1) is 18.4. The number of halogens is 3. The average Bonchev–Trinajstić information content (AvgIpc) is 2.67. The van der Waals surface area contributed by atoms with Crippen LogP contribution in [0.5, 0.6) is 0 Å². The predicted molar refractivity (Wildman–Crippen MR) is 96.4 cm³/mol. The standard InChI is InChI=1S/C21H17F3N2O2/c22-21(23,24)15-6-1-2-7-16(15)26-17-8-3-9-18(27)20(17)14(11-19(26)28)13-5-4-10-25-12-13/h1-2,4-7,10,12,14H,3,8-9,11H2. The van der Waals surface area contributed by atoms with Crippen molar-refractivity contribution in [2.24, 2.45) is 0 Å². The lowest BCUT2D eigenvalue weighted by Gasteiger charge is -2.39. The van der Waals surface area contributed by atoms with Crippen molar-refractivity contribution in [3.8, 4) is 0 Å². The molecule has 0 radical (unpaired) electrons. The highest BCUT2D eigenvalue weighted by Gasteiger charge is 2.43. The minimum absolute atomic E-state index is 0.0670. The topological polar surface area (TPSA) is 50.3 Å². The van der Waals surface area contributed by atoms with Gasteiger partial charge in [-0.2, -0.15) is 13.2 Å². The molecule has 0 saturated heterocycles. The van der Waals surface area contributed by atoms with Crippen LogP contribution in [0.25, 0.3) is 0 Å². The van der Waals surface area contributed by atoms with Crippen molar-refractivity contribution >= 4 is 17.4 Å². The number of carbonyl (C=O) groups is 2. The van der Waals surface area contributed by atoms with Crippen LogP contribution in [0.15, 0.2) is 60.1 Å². The summed E-state index contributed by atoms with van der Waals surface area (Å²) in [5.74, 6) is -1.03. The van der Waals surface area contributed by atoms with Crippen LogP contribution in [0, 0.1) is 0 Å². The van der Waals surface area contributed by atoms with Crippen molar-refractivity contribution in [2.75, 3.05) is 4.90 Å². The molecule has 0 spiro atoms. The highest BCUT2D eigenvalue weighted by atomic mass is 19.4. The Bertz CT molecular complexity index is 967. The molecule has 1 aliphatic heterocycles. The summed E-state index contributed by atoms with van der Waals surface area (Å²) in [7, 11) is 0. The Kier molecular flexibility index (Phi) is 4.53. The number of Topliss-reactive ketones (excluding diaryl/α,β-unsaturated/α-hetero) is 1. The molecule has 0 bridgehead atoms. The first-order valence-electron chi connectivity index (χ1n) is 9.03. The van der Waals surface area contributed by atoms with Crippen molar-refractivity contribution in [1.29, 1.82) is 0 Å². The summed E-state index contributed by atoms with van der Waals surface area (Å²) in [6.45, 7) is 0. The number of pyridine rings is 1. The number of allylic oxidation sites excluding steroid dienone is 2. The van der Waals surface area contributed by atoms with Gasteiger partial charge in [0.1, 0.15) is 0 Å². The summed E-state index contributed by atoms with van der Waals surface area (Å²) in [6, 6.07) is 8.52. The highest BCUT2D eigenvalue weighted by Crippen LogP contribution is 2.46. The van der Waals surface area contributed by atoms with E-state index in [0.717, 1.165) is 16.5 Å². The van der Waals surface area contributed by atoms with Gasteiger partial charge in [-0.3, -0.25) is 19.5 Å². The monoisotopic (exact) mass is 386 g/mol. The first-order valence-corrected chi connectivity index (χ1v) is 9.03. The lowest BCUT2D eigenvalue weighted by Crippen LogP contribution is -2.41. The van der Waals surface area contributed by atoms with Gasteiger partial charge in [0.25, 0.3) is 0 Å². The van der Waals surface area contributed by atoms with Crippen molar-refractivity contribution < 1.29 is 22.8 Å². The molecule has 1 unspecified atom stereocenters. The molecule has 4 rings (SSSR count). The smallest absolute Gasteiger partial charge is 0.294 e. The Morgan fingerprint density at radius 3 is 2.54 bits per heavy atom. The maximum atomic E-state index is 13.5. The van der Waals surface area contributed by atoms with E-state index in [1.165, 1.54) is 18.2 Å². The molecule has 1 aromatic carbocycles. The van der Waals surface area contributed by atoms with Gasteiger partial charge in [0, 0.05) is 42.4 Å². The molecule has 2 heterocycles. The van der Waals surface area contributed by atoms with Crippen LogP contribution in [0.4, 0.5) is 18.9 Å². The van der Waals surface area contributed by atoms with Gasteiger partial charge in [0.2, 0.25) is 5.91 Å². The molecule has 0 fully saturated rings. The molecule has 0 saturated carbocycles. The van der Waals surface area contributed by atoms with Gasteiger partial charge in [-0.1, -0.05) is 18.2 Å². The number of amides is 1. The summed E-state index contributed by atoms with van der Waals surface area (Å²) >= 11 is 0. The van der Waals surface area contributed by atoms with Crippen LogP contribution < -0.4 is 4.90 Å². The van der Waals surface area contributed by atoms with Crippen molar-refractivity contribution in [3.05, 3.63) is 71.2 Å². The van der Waals surface area contributed by atoms with Crippen molar-refractivity contribution in [3.63, 3.8) is 0 Å². The lowest BCUT2D eigenvalue weighted by molar-refractivity contribution is -0.137. The fourth-order valence-corrected chi connectivity index (χ4v) is 4.05. The molecule has 0 N–H and O–H groups in total. The third-order valence-corrected chi connectivity index (χ3v) is 5.21. The quantitative estimate of drug-likeness (QED) is 0.756. The zero-order valence-electron chi connectivity index (χ0n) is 14.9. The molecule has 4 nitrogen and oxygen atoms in total. The SMILES string of the molecule is O=C1CCCC2=C1C(c1cccnc1)CC(=O)N2c1ccccc1C(F)(F)F. The van der Waals surface area contributed by atoms with E-state index in [2.05, 4.69) is 4.98 Å². The maximum Gasteiger partial charge on any atom is 0.418 e. The Morgan fingerprint density at radius 2 is 1.82 bits per heavy atom. The van der Waals surface area contributed by atoms with E-state index in [4.69, 9.17) is 0 Å². The second-order valence-electron chi connectivity index (χ2n) is 6.92. The zero-order valence-corrected chi connectivity index (χ0v) is 14.9. The van der Waals surface area contributed by atoms with E-state index >= 15 is 0 Å². The van der Waals surface area contributed by atoms with Gasteiger partial charge >= 0.3 is 6.18 Å². The molecule has 28 heavy (non-hydrogen) atoms. The summed E-state index contributed by atoms with van der Waals surface area (Å²) < 4.78 is 40.6. The zero-order chi connectivity index (χ0) is 19.9. The Hall–Kier alpha value is -2.96. The molecule has 2 aliphatic rings. The van der Waals surface area contributed by atoms with E-state index < -0.39 is 23.6 Å². The number of alkyl halides is 3. The van der Waals surface area contributed by atoms with E-state index in [1.54, 1.807) is 24.5 Å². The number of hydrogen-bond donors (Lipinski definition) is 0. The minimum Gasteiger partial charge on any atom is -0.294 e. The van der Waals surface area contributed by atoms with Gasteiger partial charge in [0.15, 0.2) is 5.78 Å². The molecule has 2 aromatic rings. The third-order valence-electron chi connectivity index (χ3n) is 5.21. The number of aromatic nitrogens is 1. The number of nitrogens with zero attached hydrogens (tertiary/aromatic N) is 2. The van der Waals surface area contributed by atoms with Gasteiger partial charge in [-0.25, -0.2) is 0 Å². The van der Waals surface area contributed by atoms with Gasteiger partial charge in [0.05, 0.1) is 11.3 Å². The number of hydrogen-bond acceptors (Lipinski definition) is 3. The Morgan fingerprint density at radius 1 is 1.04 bits per heavy atom. The van der Waals surface area contributed by atoms with E-state index in [-0.39, 0.29) is 17.9 Å². The molecule has 1 amide bonds. The summed E-state index contributed by atoms with van der Waals surface area (Å²) in [4.78, 5) is 30.9.